The van der Waals surface area contributed by atoms with Crippen molar-refractivity contribution in [2.45, 2.75) is 13.8 Å². The van der Waals surface area contributed by atoms with E-state index in [4.69, 9.17) is 4.74 Å². The molecule has 0 bridgehead atoms. The number of nitrogens with two attached hydrogens (primary N) is 1. The zero-order chi connectivity index (χ0) is 18.6. The van der Waals surface area contributed by atoms with E-state index in [1.807, 2.05) is 7.05 Å². The maximum absolute atomic E-state index is 12.6. The molecule has 0 saturated carbocycles. The summed E-state index contributed by atoms with van der Waals surface area (Å²) in [5.41, 5.74) is 1.64. The minimum atomic E-state index is -0.529. The molecule has 0 spiro atoms. The highest BCUT2D eigenvalue weighted by Gasteiger charge is 2.27. The van der Waals surface area contributed by atoms with E-state index in [2.05, 4.69) is 11.5 Å². The Morgan fingerprint density at radius 1 is 1.28 bits per heavy atom. The number of carbonyl (C=O) groups excluding carboxylic acids is 1. The fourth-order valence-corrected chi connectivity index (χ4v) is 2.42. The Hall–Kier alpha value is -2.42. The van der Waals surface area contributed by atoms with E-state index in [0.29, 0.717) is 34.6 Å². The van der Waals surface area contributed by atoms with Crippen molar-refractivity contribution in [3.8, 4) is 5.75 Å². The number of carbonyl (C=O) groups is 1. The summed E-state index contributed by atoms with van der Waals surface area (Å²) in [4.78, 5) is 16.1. The molecule has 8 heteroatoms. The lowest BCUT2D eigenvalue weighted by Crippen LogP contribution is -2.70. The predicted octanol–water partition coefficient (Wildman–Crippen LogP) is 1.30. The summed E-state index contributed by atoms with van der Waals surface area (Å²) in [7, 11) is 1.99. The summed E-state index contributed by atoms with van der Waals surface area (Å²) < 4.78 is 6.02. The lowest BCUT2D eigenvalue weighted by molar-refractivity contribution is -0.505. The van der Waals surface area contributed by atoms with Crippen LogP contribution in [-0.4, -0.2) is 59.6 Å². The van der Waals surface area contributed by atoms with Gasteiger partial charge in [0.25, 0.3) is 0 Å². The Kier molecular flexibility index (Phi) is 6.13. The van der Waals surface area contributed by atoms with Gasteiger partial charge < -0.3 is 30.4 Å². The maximum Gasteiger partial charge on any atom is 0.415 e. The maximum atomic E-state index is 12.6. The predicted molar refractivity (Wildman–Crippen MR) is 95.3 cm³/mol. The van der Waals surface area contributed by atoms with Gasteiger partial charge in [-0.3, -0.25) is 0 Å². The quantitative estimate of drug-likeness (QED) is 0.291. The van der Waals surface area contributed by atoms with Crippen molar-refractivity contribution in [3.63, 3.8) is 0 Å². The van der Waals surface area contributed by atoms with Crippen molar-refractivity contribution in [2.24, 2.45) is 0 Å². The van der Waals surface area contributed by atoms with Gasteiger partial charge in [0.2, 0.25) is 11.4 Å². The Morgan fingerprint density at radius 3 is 2.48 bits per heavy atom. The summed E-state index contributed by atoms with van der Waals surface area (Å²) in [5, 5.41) is 24.0. The smallest absolute Gasteiger partial charge is 0.415 e. The van der Waals surface area contributed by atoms with Gasteiger partial charge in [0.1, 0.15) is 0 Å². The molecule has 25 heavy (non-hydrogen) atoms. The Morgan fingerprint density at radius 2 is 1.92 bits per heavy atom. The van der Waals surface area contributed by atoms with Gasteiger partial charge in [-0.2, -0.15) is 4.74 Å². The number of benzene rings is 1. The molecule has 1 fully saturated rings. The highest BCUT2D eigenvalue weighted by atomic mass is 16.6. The second-order valence-electron chi connectivity index (χ2n) is 6.13. The molecule has 2 rings (SSSR count). The number of piperazine rings is 1. The standard InChI is InChI=1S/C17H24N4O4/c1-12(2)13(3)21(24)16-14(18-23)6-5-7-15(16)25-17(22)20-10-8-19(4)9-11-20/h5-7H,1,8-11,18H2,2-4H3/b21-13+. The minimum absolute atomic E-state index is 0.0143. The number of likely N-dealkylation sites (N-methyl/N-ethyl adjacent to an activating group) is 1. The summed E-state index contributed by atoms with van der Waals surface area (Å²) in [6, 6.07) is 4.59. The molecule has 1 saturated heterocycles. The van der Waals surface area contributed by atoms with Gasteiger partial charge in [-0.15, -0.1) is 0 Å². The lowest BCUT2D eigenvalue weighted by atomic mass is 10.2. The second kappa shape index (κ2) is 8.11. The van der Waals surface area contributed by atoms with Crippen LogP contribution in [0.25, 0.3) is 0 Å². The molecule has 1 heterocycles. The molecule has 0 unspecified atom stereocenters. The summed E-state index contributed by atoms with van der Waals surface area (Å²) in [6.07, 6.45) is -0.529. The van der Waals surface area contributed by atoms with Crippen LogP contribution in [0.1, 0.15) is 13.8 Å². The normalized spacial score (nSPS) is 16.4. The monoisotopic (exact) mass is 348 g/mol. The highest BCUT2D eigenvalue weighted by molar-refractivity contribution is 5.94. The summed E-state index contributed by atoms with van der Waals surface area (Å²) in [5.74, 6) is 0.0594. The van der Waals surface area contributed by atoms with Crippen LogP contribution in [0.4, 0.5) is 16.2 Å². The summed E-state index contributed by atoms with van der Waals surface area (Å²) >= 11 is 0. The largest absolute Gasteiger partial charge is 0.630 e. The third-order valence-electron chi connectivity index (χ3n) is 4.24. The number of hydrogen-bond acceptors (Lipinski definition) is 5. The molecule has 0 aromatic heterocycles. The fraction of sp³-hybridized carbons (Fsp3) is 0.412. The van der Waals surface area contributed by atoms with Crippen LogP contribution in [0, 0.1) is 10.4 Å². The molecule has 1 amide bonds. The SMILES string of the molecule is C=C(C)/C(C)=[N+](/[O-])c1c([NH2+][O-])cccc1OC(=O)N1CCN(C)CC1. The molecule has 0 aliphatic carbocycles. The molecule has 1 aliphatic heterocycles. The first-order valence-electron chi connectivity index (χ1n) is 8.05. The average molecular weight is 348 g/mol. The van der Waals surface area contributed by atoms with Crippen LogP contribution < -0.4 is 10.2 Å². The third kappa shape index (κ3) is 4.36. The van der Waals surface area contributed by atoms with Crippen molar-refractivity contribution >= 4 is 23.2 Å². The Balaban J connectivity index is 2.33. The number of para-hydroxylation sites is 1. The van der Waals surface area contributed by atoms with Gasteiger partial charge in [-0.05, 0) is 20.0 Å². The van der Waals surface area contributed by atoms with Crippen molar-refractivity contribution in [1.29, 1.82) is 0 Å². The number of quaternary nitrogens is 1. The van der Waals surface area contributed by atoms with E-state index in [0.717, 1.165) is 13.1 Å². The van der Waals surface area contributed by atoms with Gasteiger partial charge in [0, 0.05) is 44.7 Å². The third-order valence-corrected chi connectivity index (χ3v) is 4.24. The van der Waals surface area contributed by atoms with E-state index in [-0.39, 0.29) is 17.1 Å². The van der Waals surface area contributed by atoms with E-state index >= 15 is 0 Å². The van der Waals surface area contributed by atoms with Crippen LogP contribution in [0.2, 0.25) is 0 Å². The number of rotatable bonds is 4. The van der Waals surface area contributed by atoms with Crippen LogP contribution >= 0.6 is 0 Å². The molecule has 0 atom stereocenters. The first kappa shape index (κ1) is 18.9. The van der Waals surface area contributed by atoms with Gasteiger partial charge in [0.05, 0.1) is 0 Å². The lowest BCUT2D eigenvalue weighted by Gasteiger charge is -2.31. The fourth-order valence-electron chi connectivity index (χ4n) is 2.42. The van der Waals surface area contributed by atoms with Crippen molar-refractivity contribution in [2.75, 3.05) is 33.2 Å². The molecule has 1 aromatic rings. The summed E-state index contributed by atoms with van der Waals surface area (Å²) in [6.45, 7) is 9.65. The molecule has 0 radical (unpaired) electrons. The van der Waals surface area contributed by atoms with Crippen molar-refractivity contribution in [3.05, 3.63) is 40.8 Å². The second-order valence-corrected chi connectivity index (χ2v) is 6.13. The Bertz CT molecular complexity index is 694. The molecule has 1 aliphatic rings. The first-order valence-corrected chi connectivity index (χ1v) is 8.05. The molecule has 1 aromatic carbocycles. The first-order chi connectivity index (χ1) is 11.8. The number of ether oxygens (including phenoxy) is 1. The number of amides is 1. The number of nitrogens with zero attached hydrogens (tertiary/aromatic N) is 3. The van der Waals surface area contributed by atoms with Gasteiger partial charge in [0.15, 0.2) is 5.71 Å². The van der Waals surface area contributed by atoms with Crippen LogP contribution in [0.5, 0.6) is 5.75 Å². The number of allylic oxidation sites excluding steroid dienone is 1. The van der Waals surface area contributed by atoms with E-state index < -0.39 is 6.09 Å². The minimum Gasteiger partial charge on any atom is -0.630 e. The van der Waals surface area contributed by atoms with E-state index in [9.17, 15) is 15.2 Å². The van der Waals surface area contributed by atoms with Crippen molar-refractivity contribution in [1.82, 2.24) is 9.80 Å². The van der Waals surface area contributed by atoms with Crippen LogP contribution in [-0.2, 0) is 0 Å². The highest BCUT2D eigenvalue weighted by Crippen LogP contribution is 2.33. The molecule has 8 nitrogen and oxygen atoms in total. The van der Waals surface area contributed by atoms with Crippen LogP contribution in [0.3, 0.4) is 0 Å². The van der Waals surface area contributed by atoms with Gasteiger partial charge in [-0.25, -0.2) is 4.79 Å². The van der Waals surface area contributed by atoms with Crippen molar-refractivity contribution < 1.29 is 19.8 Å². The van der Waals surface area contributed by atoms with E-state index in [1.54, 1.807) is 24.8 Å². The molecular weight excluding hydrogens is 324 g/mol. The topological polar surface area (TPSA) is 98.5 Å². The van der Waals surface area contributed by atoms with Gasteiger partial charge in [-0.1, -0.05) is 12.6 Å². The molecule has 2 N–H and O–H groups in total. The molecular formula is C17H24N4O4. The van der Waals surface area contributed by atoms with Gasteiger partial charge >= 0.3 is 11.8 Å². The number of hydrogen-bond donors (Lipinski definition) is 1. The van der Waals surface area contributed by atoms with E-state index in [1.165, 1.54) is 12.1 Å². The van der Waals surface area contributed by atoms with Crippen LogP contribution in [0.15, 0.2) is 30.4 Å². The average Bonchev–Trinajstić information content (AvgIpc) is 2.60. The Labute approximate surface area is 147 Å². The molecule has 136 valence electrons. The zero-order valence-corrected chi connectivity index (χ0v) is 14.8. The zero-order valence-electron chi connectivity index (χ0n) is 14.8.